The zero-order chi connectivity index (χ0) is 21.3. The molecule has 164 valence electrons. The fourth-order valence-corrected chi connectivity index (χ4v) is 5.68. The summed E-state index contributed by atoms with van der Waals surface area (Å²) < 4.78 is 44.9. The van der Waals surface area contributed by atoms with Gasteiger partial charge >= 0.3 is 0 Å². The SMILES string of the molecule is O=C(Nc1ccc(F)cn1)[C@H](CC1CCCO1)N1CCN(S(=O)(=O)C2CC2)CC1=O. The van der Waals surface area contributed by atoms with Crippen molar-refractivity contribution < 1.29 is 27.1 Å². The number of sulfonamides is 1. The molecule has 1 aromatic heterocycles. The number of pyridine rings is 1. The summed E-state index contributed by atoms with van der Waals surface area (Å²) in [7, 11) is -3.45. The van der Waals surface area contributed by atoms with Crippen molar-refractivity contribution in [2.24, 2.45) is 0 Å². The minimum absolute atomic E-state index is 0.131. The quantitative estimate of drug-likeness (QED) is 0.670. The van der Waals surface area contributed by atoms with Gasteiger partial charge in [0.05, 0.1) is 24.1 Å². The first kappa shape index (κ1) is 21.1. The summed E-state index contributed by atoms with van der Waals surface area (Å²) in [6.07, 6.45) is 4.11. The second kappa shape index (κ2) is 8.56. The molecular formula is C19H25FN4O5S. The van der Waals surface area contributed by atoms with E-state index in [1.807, 2.05) is 0 Å². The highest BCUT2D eigenvalue weighted by Crippen LogP contribution is 2.32. The van der Waals surface area contributed by atoms with Gasteiger partial charge in [-0.3, -0.25) is 9.59 Å². The van der Waals surface area contributed by atoms with Gasteiger partial charge in [-0.25, -0.2) is 17.8 Å². The standard InChI is InChI=1S/C19H25FN4O5S/c20-13-3-6-17(21-11-13)22-19(26)16(10-14-2-1-9-29-14)24-8-7-23(12-18(24)25)30(27,28)15-4-5-15/h3,6,11,14-16H,1-2,4-5,7-10,12H2,(H,21,22,26)/t14?,16-/m0/s1. The number of halogens is 1. The average Bonchev–Trinajstić information content (AvgIpc) is 3.46. The van der Waals surface area contributed by atoms with Crippen LogP contribution in [-0.4, -0.2) is 78.1 Å². The predicted molar refractivity (Wildman–Crippen MR) is 105 cm³/mol. The molecule has 2 amide bonds. The molecule has 11 heteroatoms. The van der Waals surface area contributed by atoms with Crippen molar-refractivity contribution in [1.29, 1.82) is 0 Å². The number of amides is 2. The van der Waals surface area contributed by atoms with E-state index < -0.39 is 33.7 Å². The first-order valence-electron chi connectivity index (χ1n) is 10.2. The summed E-state index contributed by atoms with van der Waals surface area (Å²) >= 11 is 0. The Bertz CT molecular complexity index is 900. The highest BCUT2D eigenvalue weighted by Gasteiger charge is 2.44. The van der Waals surface area contributed by atoms with Crippen molar-refractivity contribution >= 4 is 27.7 Å². The van der Waals surface area contributed by atoms with Crippen LogP contribution in [0.3, 0.4) is 0 Å². The van der Waals surface area contributed by atoms with Crippen molar-refractivity contribution in [3.8, 4) is 0 Å². The molecule has 1 saturated carbocycles. The molecule has 1 aromatic rings. The van der Waals surface area contributed by atoms with Gasteiger partial charge in [0.2, 0.25) is 21.8 Å². The fraction of sp³-hybridized carbons (Fsp3) is 0.632. The maximum atomic E-state index is 13.1. The molecule has 3 heterocycles. The maximum absolute atomic E-state index is 13.1. The number of hydrogen-bond donors (Lipinski definition) is 1. The average molecular weight is 440 g/mol. The number of nitrogens with zero attached hydrogens (tertiary/aromatic N) is 3. The van der Waals surface area contributed by atoms with Crippen LogP contribution in [0.4, 0.5) is 10.2 Å². The van der Waals surface area contributed by atoms with Crippen molar-refractivity contribution in [1.82, 2.24) is 14.2 Å². The number of carbonyl (C=O) groups excluding carboxylic acids is 2. The minimum Gasteiger partial charge on any atom is -0.378 e. The number of rotatable bonds is 7. The lowest BCUT2D eigenvalue weighted by Gasteiger charge is -2.38. The zero-order valence-corrected chi connectivity index (χ0v) is 17.3. The van der Waals surface area contributed by atoms with E-state index in [1.54, 1.807) is 0 Å². The summed E-state index contributed by atoms with van der Waals surface area (Å²) in [6.45, 7) is 0.643. The normalized spacial score (nSPS) is 24.1. The van der Waals surface area contributed by atoms with E-state index in [2.05, 4.69) is 10.3 Å². The fourth-order valence-electron chi connectivity index (χ4n) is 3.90. The second-order valence-corrected chi connectivity index (χ2v) is 10.1. The molecule has 30 heavy (non-hydrogen) atoms. The molecule has 4 rings (SSSR count). The Labute approximate surface area is 174 Å². The molecule has 0 radical (unpaired) electrons. The number of anilines is 1. The largest absolute Gasteiger partial charge is 0.378 e. The van der Waals surface area contributed by atoms with Gasteiger partial charge in [-0.2, -0.15) is 4.31 Å². The monoisotopic (exact) mass is 440 g/mol. The Hall–Kier alpha value is -2.11. The second-order valence-electron chi connectivity index (χ2n) is 7.90. The molecule has 3 aliphatic rings. The van der Waals surface area contributed by atoms with E-state index in [4.69, 9.17) is 4.74 Å². The molecule has 9 nitrogen and oxygen atoms in total. The molecule has 2 saturated heterocycles. The van der Waals surface area contributed by atoms with E-state index >= 15 is 0 Å². The number of nitrogens with one attached hydrogen (secondary N) is 1. The summed E-state index contributed by atoms with van der Waals surface area (Å²) in [5.41, 5.74) is 0. The third kappa shape index (κ3) is 4.62. The molecule has 1 aliphatic carbocycles. The molecule has 1 unspecified atom stereocenters. The minimum atomic E-state index is -3.45. The van der Waals surface area contributed by atoms with E-state index in [0.29, 0.717) is 25.9 Å². The van der Waals surface area contributed by atoms with Crippen LogP contribution in [-0.2, 0) is 24.3 Å². The molecular weight excluding hydrogens is 415 g/mol. The van der Waals surface area contributed by atoms with Gasteiger partial charge in [-0.05, 0) is 37.8 Å². The molecule has 0 aromatic carbocycles. The van der Waals surface area contributed by atoms with Gasteiger partial charge in [0.15, 0.2) is 0 Å². The Morgan fingerprint density at radius 3 is 2.70 bits per heavy atom. The number of aromatic nitrogens is 1. The number of ether oxygens (including phenoxy) is 1. The van der Waals surface area contributed by atoms with Crippen LogP contribution >= 0.6 is 0 Å². The van der Waals surface area contributed by atoms with Crippen LogP contribution in [0.5, 0.6) is 0 Å². The van der Waals surface area contributed by atoms with Crippen LogP contribution in [0, 0.1) is 5.82 Å². The van der Waals surface area contributed by atoms with Crippen LogP contribution in [0.25, 0.3) is 0 Å². The number of carbonyl (C=O) groups is 2. The topological polar surface area (TPSA) is 109 Å². The maximum Gasteiger partial charge on any atom is 0.248 e. The summed E-state index contributed by atoms with van der Waals surface area (Å²) in [6, 6.07) is 1.71. The van der Waals surface area contributed by atoms with Gasteiger partial charge in [-0.15, -0.1) is 0 Å². The van der Waals surface area contributed by atoms with Crippen molar-refractivity contribution in [2.45, 2.75) is 49.5 Å². The summed E-state index contributed by atoms with van der Waals surface area (Å²) in [5.74, 6) is -1.19. The van der Waals surface area contributed by atoms with Gasteiger partial charge in [0.25, 0.3) is 0 Å². The van der Waals surface area contributed by atoms with Crippen molar-refractivity contribution in [2.75, 3.05) is 31.6 Å². The third-order valence-electron chi connectivity index (χ3n) is 5.70. The first-order valence-corrected chi connectivity index (χ1v) is 11.7. The van der Waals surface area contributed by atoms with Crippen molar-refractivity contribution in [3.05, 3.63) is 24.1 Å². The Morgan fingerprint density at radius 2 is 2.10 bits per heavy atom. The van der Waals surface area contributed by atoms with Crippen LogP contribution in [0.15, 0.2) is 18.3 Å². The van der Waals surface area contributed by atoms with E-state index in [-0.39, 0.29) is 36.8 Å². The Balaban J connectivity index is 1.48. The van der Waals surface area contributed by atoms with Crippen LogP contribution in [0.2, 0.25) is 0 Å². The smallest absolute Gasteiger partial charge is 0.248 e. The lowest BCUT2D eigenvalue weighted by Crippen LogP contribution is -2.59. The summed E-state index contributed by atoms with van der Waals surface area (Å²) in [4.78, 5) is 31.1. The van der Waals surface area contributed by atoms with E-state index in [1.165, 1.54) is 21.3 Å². The molecule has 2 aliphatic heterocycles. The summed E-state index contributed by atoms with van der Waals surface area (Å²) in [5, 5.41) is 2.25. The molecule has 3 fully saturated rings. The lowest BCUT2D eigenvalue weighted by atomic mass is 10.0. The molecule has 2 atom stereocenters. The van der Waals surface area contributed by atoms with Crippen LogP contribution in [0.1, 0.15) is 32.1 Å². The highest BCUT2D eigenvalue weighted by atomic mass is 32.2. The number of piperazine rings is 1. The number of hydrogen-bond acceptors (Lipinski definition) is 6. The van der Waals surface area contributed by atoms with Crippen molar-refractivity contribution in [3.63, 3.8) is 0 Å². The van der Waals surface area contributed by atoms with Crippen LogP contribution < -0.4 is 5.32 Å². The van der Waals surface area contributed by atoms with E-state index in [9.17, 15) is 22.4 Å². The first-order chi connectivity index (χ1) is 14.3. The molecule has 0 bridgehead atoms. The third-order valence-corrected chi connectivity index (χ3v) is 8.04. The van der Waals surface area contributed by atoms with E-state index in [0.717, 1.165) is 19.0 Å². The van der Waals surface area contributed by atoms with Gasteiger partial charge < -0.3 is 15.0 Å². The molecule has 1 N–H and O–H groups in total. The lowest BCUT2D eigenvalue weighted by molar-refractivity contribution is -0.142. The van der Waals surface area contributed by atoms with Gasteiger partial charge in [0, 0.05) is 26.1 Å². The highest BCUT2D eigenvalue weighted by molar-refractivity contribution is 7.90. The van der Waals surface area contributed by atoms with Gasteiger partial charge in [-0.1, -0.05) is 0 Å². The predicted octanol–water partition coefficient (Wildman–Crippen LogP) is 0.733. The van der Waals surface area contributed by atoms with Gasteiger partial charge in [0.1, 0.15) is 17.7 Å². The Morgan fingerprint density at radius 1 is 1.30 bits per heavy atom. The zero-order valence-electron chi connectivity index (χ0n) is 16.5. The Kier molecular flexibility index (Phi) is 6.03. The molecule has 0 spiro atoms.